The largest absolute Gasteiger partial charge is 0.364 e. The summed E-state index contributed by atoms with van der Waals surface area (Å²) in [6, 6.07) is 0.252. The van der Waals surface area contributed by atoms with Crippen LogP contribution >= 0.6 is 0 Å². The van der Waals surface area contributed by atoms with Crippen molar-refractivity contribution in [2.45, 2.75) is 45.1 Å². The van der Waals surface area contributed by atoms with Crippen molar-refractivity contribution in [1.29, 1.82) is 0 Å². The van der Waals surface area contributed by atoms with Gasteiger partial charge in [0.1, 0.15) is 12.1 Å². The zero-order chi connectivity index (χ0) is 11.4. The molecule has 1 heterocycles. The lowest BCUT2D eigenvalue weighted by atomic mass is 10.1. The van der Waals surface area contributed by atoms with Crippen LogP contribution < -0.4 is 5.32 Å². The number of rotatable bonds is 3. The first-order chi connectivity index (χ1) is 7.81. The highest BCUT2D eigenvalue weighted by molar-refractivity contribution is 5.47. The van der Waals surface area contributed by atoms with Crippen LogP contribution in [0.3, 0.4) is 0 Å². The third kappa shape index (κ3) is 2.40. The van der Waals surface area contributed by atoms with Gasteiger partial charge in [0, 0.05) is 17.3 Å². The zero-order valence-electron chi connectivity index (χ0n) is 9.87. The van der Waals surface area contributed by atoms with Gasteiger partial charge >= 0.3 is 0 Å². The molecule has 0 radical (unpaired) electrons. The number of hydrogen-bond acceptors (Lipinski definition) is 3. The van der Waals surface area contributed by atoms with Gasteiger partial charge in [-0.15, -0.1) is 6.58 Å². The molecule has 0 spiro atoms. The van der Waals surface area contributed by atoms with Crippen molar-refractivity contribution in [3.8, 4) is 0 Å². The zero-order valence-corrected chi connectivity index (χ0v) is 9.87. The van der Waals surface area contributed by atoms with Crippen LogP contribution in [0.2, 0.25) is 0 Å². The number of nitrogens with zero attached hydrogens (tertiary/aromatic N) is 2. The van der Waals surface area contributed by atoms with Gasteiger partial charge in [0.2, 0.25) is 0 Å². The first-order valence-corrected chi connectivity index (χ1v) is 6.03. The molecule has 0 saturated carbocycles. The van der Waals surface area contributed by atoms with Crippen LogP contribution in [-0.2, 0) is 12.8 Å². The van der Waals surface area contributed by atoms with Crippen LogP contribution in [0.25, 0.3) is 0 Å². The van der Waals surface area contributed by atoms with E-state index in [1.54, 1.807) is 6.33 Å². The minimum Gasteiger partial charge on any atom is -0.364 e. The number of anilines is 1. The SMILES string of the molecule is C=CC(C)Nc1ncnc2c1CCCCC2. The van der Waals surface area contributed by atoms with Crippen molar-refractivity contribution < 1.29 is 0 Å². The average molecular weight is 217 g/mol. The second-order valence-electron chi connectivity index (χ2n) is 4.38. The van der Waals surface area contributed by atoms with Crippen molar-refractivity contribution in [1.82, 2.24) is 9.97 Å². The number of aryl methyl sites for hydroxylation is 1. The summed E-state index contributed by atoms with van der Waals surface area (Å²) in [6.07, 6.45) is 9.55. The summed E-state index contributed by atoms with van der Waals surface area (Å²) in [6.45, 7) is 5.86. The molecule has 86 valence electrons. The standard InChI is InChI=1S/C13H19N3/c1-3-10(2)16-13-11-7-5-4-6-8-12(11)14-9-15-13/h3,9-10H,1,4-8H2,2H3,(H,14,15,16). The van der Waals surface area contributed by atoms with E-state index in [4.69, 9.17) is 0 Å². The predicted molar refractivity (Wildman–Crippen MR) is 66.6 cm³/mol. The van der Waals surface area contributed by atoms with E-state index in [0.717, 1.165) is 18.7 Å². The summed E-state index contributed by atoms with van der Waals surface area (Å²) in [5, 5.41) is 3.38. The van der Waals surface area contributed by atoms with Crippen LogP contribution in [-0.4, -0.2) is 16.0 Å². The van der Waals surface area contributed by atoms with Gasteiger partial charge in [0.15, 0.2) is 0 Å². The predicted octanol–water partition coefficient (Wildman–Crippen LogP) is 2.73. The molecule has 1 aliphatic carbocycles. The Bertz CT molecular complexity index is 373. The highest BCUT2D eigenvalue weighted by Gasteiger charge is 2.14. The van der Waals surface area contributed by atoms with E-state index in [1.807, 2.05) is 6.08 Å². The first-order valence-electron chi connectivity index (χ1n) is 6.03. The summed E-state index contributed by atoms with van der Waals surface area (Å²) in [4.78, 5) is 8.75. The van der Waals surface area contributed by atoms with Gasteiger partial charge in [-0.05, 0) is 32.6 Å². The van der Waals surface area contributed by atoms with Crippen molar-refractivity contribution in [2.24, 2.45) is 0 Å². The summed E-state index contributed by atoms with van der Waals surface area (Å²) < 4.78 is 0. The lowest BCUT2D eigenvalue weighted by Crippen LogP contribution is -2.15. The Morgan fingerprint density at radius 2 is 2.12 bits per heavy atom. The lowest BCUT2D eigenvalue weighted by molar-refractivity contribution is 0.708. The molecule has 0 bridgehead atoms. The molecular formula is C13H19N3. The Balaban J connectivity index is 2.27. The molecule has 1 N–H and O–H groups in total. The Morgan fingerprint density at radius 1 is 1.31 bits per heavy atom. The molecule has 1 atom stereocenters. The van der Waals surface area contributed by atoms with Crippen molar-refractivity contribution in [2.75, 3.05) is 5.32 Å². The molecule has 1 aromatic heterocycles. The molecule has 16 heavy (non-hydrogen) atoms. The van der Waals surface area contributed by atoms with Gasteiger partial charge in [-0.1, -0.05) is 12.5 Å². The fourth-order valence-corrected chi connectivity index (χ4v) is 2.10. The molecule has 0 fully saturated rings. The average Bonchev–Trinajstić information content (AvgIpc) is 2.54. The fourth-order valence-electron chi connectivity index (χ4n) is 2.10. The fraction of sp³-hybridized carbons (Fsp3) is 0.538. The lowest BCUT2D eigenvalue weighted by Gasteiger charge is -2.15. The van der Waals surface area contributed by atoms with Crippen LogP contribution in [0.4, 0.5) is 5.82 Å². The summed E-state index contributed by atoms with van der Waals surface area (Å²) in [7, 11) is 0. The van der Waals surface area contributed by atoms with Gasteiger partial charge in [-0.25, -0.2) is 9.97 Å². The molecule has 0 aliphatic heterocycles. The van der Waals surface area contributed by atoms with E-state index in [1.165, 1.54) is 30.5 Å². The number of nitrogens with one attached hydrogen (secondary N) is 1. The van der Waals surface area contributed by atoms with Crippen LogP contribution in [0, 0.1) is 0 Å². The normalized spacial score (nSPS) is 17.1. The summed E-state index contributed by atoms with van der Waals surface area (Å²) >= 11 is 0. The van der Waals surface area contributed by atoms with Crippen molar-refractivity contribution >= 4 is 5.82 Å². The van der Waals surface area contributed by atoms with E-state index < -0.39 is 0 Å². The minimum atomic E-state index is 0.252. The Morgan fingerprint density at radius 3 is 2.94 bits per heavy atom. The van der Waals surface area contributed by atoms with E-state index in [0.29, 0.717) is 0 Å². The second-order valence-corrected chi connectivity index (χ2v) is 4.38. The monoisotopic (exact) mass is 217 g/mol. The quantitative estimate of drug-likeness (QED) is 0.625. The highest BCUT2D eigenvalue weighted by Crippen LogP contribution is 2.24. The molecular weight excluding hydrogens is 198 g/mol. The van der Waals surface area contributed by atoms with Gasteiger partial charge in [0.25, 0.3) is 0 Å². The van der Waals surface area contributed by atoms with Crippen LogP contribution in [0.1, 0.15) is 37.4 Å². The van der Waals surface area contributed by atoms with E-state index in [-0.39, 0.29) is 6.04 Å². The van der Waals surface area contributed by atoms with Gasteiger partial charge in [-0.3, -0.25) is 0 Å². The Kier molecular flexibility index (Phi) is 3.54. The van der Waals surface area contributed by atoms with Gasteiger partial charge in [0.05, 0.1) is 0 Å². The van der Waals surface area contributed by atoms with E-state index in [9.17, 15) is 0 Å². The maximum Gasteiger partial charge on any atom is 0.133 e. The summed E-state index contributed by atoms with van der Waals surface area (Å²) in [5.41, 5.74) is 2.54. The number of fused-ring (bicyclic) bond motifs is 1. The van der Waals surface area contributed by atoms with Crippen LogP contribution in [0.5, 0.6) is 0 Å². The molecule has 0 saturated heterocycles. The first kappa shape index (κ1) is 11.1. The maximum absolute atomic E-state index is 4.40. The van der Waals surface area contributed by atoms with Crippen molar-refractivity contribution in [3.63, 3.8) is 0 Å². The van der Waals surface area contributed by atoms with Crippen molar-refractivity contribution in [3.05, 3.63) is 30.2 Å². The summed E-state index contributed by atoms with van der Waals surface area (Å²) in [5.74, 6) is 0.999. The second kappa shape index (κ2) is 5.10. The van der Waals surface area contributed by atoms with E-state index in [2.05, 4.69) is 28.8 Å². The minimum absolute atomic E-state index is 0.252. The topological polar surface area (TPSA) is 37.8 Å². The molecule has 1 aromatic rings. The Labute approximate surface area is 97.0 Å². The smallest absolute Gasteiger partial charge is 0.133 e. The van der Waals surface area contributed by atoms with Gasteiger partial charge < -0.3 is 5.32 Å². The number of aromatic nitrogens is 2. The molecule has 1 aliphatic rings. The maximum atomic E-state index is 4.40. The molecule has 3 nitrogen and oxygen atoms in total. The molecule has 0 aromatic carbocycles. The highest BCUT2D eigenvalue weighted by atomic mass is 15.0. The molecule has 2 rings (SSSR count). The molecule has 1 unspecified atom stereocenters. The van der Waals surface area contributed by atoms with Gasteiger partial charge in [-0.2, -0.15) is 0 Å². The molecule has 0 amide bonds. The third-order valence-corrected chi connectivity index (χ3v) is 3.09. The Hall–Kier alpha value is -1.38. The third-order valence-electron chi connectivity index (χ3n) is 3.09. The van der Waals surface area contributed by atoms with E-state index >= 15 is 0 Å². The molecule has 3 heteroatoms. The van der Waals surface area contributed by atoms with Crippen LogP contribution in [0.15, 0.2) is 19.0 Å². The number of hydrogen-bond donors (Lipinski definition) is 1.